The van der Waals surface area contributed by atoms with Gasteiger partial charge in [0.25, 0.3) is 5.91 Å². The van der Waals surface area contributed by atoms with Crippen molar-refractivity contribution in [1.29, 1.82) is 0 Å². The first-order valence-corrected chi connectivity index (χ1v) is 13.1. The second kappa shape index (κ2) is 10.9. The van der Waals surface area contributed by atoms with Crippen molar-refractivity contribution in [2.24, 2.45) is 0 Å². The number of thiazole rings is 1. The Hall–Kier alpha value is -3.40. The Balaban J connectivity index is 1.27. The van der Waals surface area contributed by atoms with Crippen LogP contribution in [0.2, 0.25) is 5.02 Å². The maximum Gasteiger partial charge on any atom is 0.270 e. The Morgan fingerprint density at radius 2 is 1.97 bits per heavy atom. The molecule has 3 aromatic heterocycles. The molecule has 5 aromatic rings. The summed E-state index contributed by atoms with van der Waals surface area (Å²) in [7, 11) is 0. The minimum absolute atomic E-state index is 0.171. The molecule has 7 nitrogen and oxygen atoms in total. The van der Waals surface area contributed by atoms with Crippen molar-refractivity contribution in [2.45, 2.75) is 17.3 Å². The lowest BCUT2D eigenvalue weighted by Crippen LogP contribution is -2.26. The van der Waals surface area contributed by atoms with Crippen LogP contribution in [0.15, 0.2) is 87.9 Å². The zero-order chi connectivity index (χ0) is 24.0. The Morgan fingerprint density at radius 3 is 2.77 bits per heavy atom. The summed E-state index contributed by atoms with van der Waals surface area (Å²) < 4.78 is 7.46. The molecule has 0 aliphatic rings. The van der Waals surface area contributed by atoms with Crippen molar-refractivity contribution in [3.8, 4) is 17.3 Å². The van der Waals surface area contributed by atoms with Gasteiger partial charge in [0.1, 0.15) is 10.7 Å². The predicted octanol–water partition coefficient (Wildman–Crippen LogP) is 5.90. The second-order valence-corrected chi connectivity index (χ2v) is 9.83. The molecule has 0 saturated carbocycles. The summed E-state index contributed by atoms with van der Waals surface area (Å²) in [6.07, 6.45) is 2.37. The summed E-state index contributed by atoms with van der Waals surface area (Å²) in [5.41, 5.74) is 2.43. The highest BCUT2D eigenvalue weighted by molar-refractivity contribution is 7.98. The molecule has 2 aromatic carbocycles. The van der Waals surface area contributed by atoms with Gasteiger partial charge in [-0.1, -0.05) is 59.8 Å². The molecule has 0 aliphatic heterocycles. The first-order valence-electron chi connectivity index (χ1n) is 10.8. The number of thioether (sulfide) groups is 1. The van der Waals surface area contributed by atoms with E-state index in [-0.39, 0.29) is 5.91 Å². The van der Waals surface area contributed by atoms with E-state index >= 15 is 0 Å². The standard InChI is InChI=1S/C25H20ClN5O2S2/c26-18-8-4-9-19(14-18)31-23(21-10-5-13-33-21)29-30-25(31)35-16-22-28-20(15-34-22)24(32)27-12-11-17-6-2-1-3-7-17/h1-10,13-15H,11-12,16H2,(H,27,32). The molecule has 35 heavy (non-hydrogen) atoms. The van der Waals surface area contributed by atoms with E-state index in [2.05, 4.69) is 20.5 Å². The summed E-state index contributed by atoms with van der Waals surface area (Å²) in [6.45, 7) is 0.558. The average molecular weight is 522 g/mol. The second-order valence-electron chi connectivity index (χ2n) is 7.51. The van der Waals surface area contributed by atoms with Crippen LogP contribution in [-0.2, 0) is 12.2 Å². The minimum Gasteiger partial charge on any atom is -0.461 e. The van der Waals surface area contributed by atoms with Gasteiger partial charge in [0, 0.05) is 16.9 Å². The van der Waals surface area contributed by atoms with E-state index in [9.17, 15) is 4.79 Å². The number of benzene rings is 2. The molecule has 1 amide bonds. The summed E-state index contributed by atoms with van der Waals surface area (Å²) in [5.74, 6) is 1.56. The van der Waals surface area contributed by atoms with Gasteiger partial charge in [0.05, 0.1) is 17.7 Å². The summed E-state index contributed by atoms with van der Waals surface area (Å²) in [6, 6.07) is 21.2. The normalized spacial score (nSPS) is 11.0. The van der Waals surface area contributed by atoms with Crippen LogP contribution in [0, 0.1) is 0 Å². The number of nitrogens with one attached hydrogen (secondary N) is 1. The number of carbonyl (C=O) groups is 1. The first kappa shape index (κ1) is 23.3. The van der Waals surface area contributed by atoms with Crippen LogP contribution in [0.5, 0.6) is 0 Å². The molecule has 0 spiro atoms. The predicted molar refractivity (Wildman–Crippen MR) is 138 cm³/mol. The highest BCUT2D eigenvalue weighted by Gasteiger charge is 2.19. The number of hydrogen-bond donors (Lipinski definition) is 1. The lowest BCUT2D eigenvalue weighted by atomic mass is 10.1. The lowest BCUT2D eigenvalue weighted by Gasteiger charge is -2.09. The van der Waals surface area contributed by atoms with Crippen molar-refractivity contribution in [1.82, 2.24) is 25.1 Å². The van der Waals surface area contributed by atoms with E-state index in [4.69, 9.17) is 16.0 Å². The van der Waals surface area contributed by atoms with Crippen LogP contribution < -0.4 is 5.32 Å². The molecular weight excluding hydrogens is 502 g/mol. The summed E-state index contributed by atoms with van der Waals surface area (Å²) in [4.78, 5) is 17.0. The van der Waals surface area contributed by atoms with Gasteiger partial charge < -0.3 is 9.73 Å². The van der Waals surface area contributed by atoms with Crippen molar-refractivity contribution in [2.75, 3.05) is 6.54 Å². The Kier molecular flexibility index (Phi) is 7.27. The maximum atomic E-state index is 12.5. The van der Waals surface area contributed by atoms with Gasteiger partial charge in [0.2, 0.25) is 5.82 Å². The lowest BCUT2D eigenvalue weighted by molar-refractivity contribution is 0.0949. The highest BCUT2D eigenvalue weighted by Crippen LogP contribution is 2.31. The van der Waals surface area contributed by atoms with Crippen LogP contribution in [0.4, 0.5) is 0 Å². The third kappa shape index (κ3) is 5.64. The van der Waals surface area contributed by atoms with E-state index in [1.807, 2.05) is 65.2 Å². The van der Waals surface area contributed by atoms with E-state index in [0.29, 0.717) is 39.8 Å². The van der Waals surface area contributed by atoms with Crippen molar-refractivity contribution < 1.29 is 9.21 Å². The number of amides is 1. The molecule has 176 valence electrons. The molecule has 0 saturated heterocycles. The zero-order valence-corrected chi connectivity index (χ0v) is 20.8. The third-order valence-corrected chi connectivity index (χ3v) is 7.30. The molecule has 0 bridgehead atoms. The Morgan fingerprint density at radius 1 is 1.09 bits per heavy atom. The van der Waals surface area contributed by atoms with E-state index in [1.165, 1.54) is 28.7 Å². The maximum absolute atomic E-state index is 12.5. The number of furan rings is 1. The van der Waals surface area contributed by atoms with Gasteiger partial charge in [-0.15, -0.1) is 21.5 Å². The van der Waals surface area contributed by atoms with Crippen LogP contribution in [0.25, 0.3) is 17.3 Å². The van der Waals surface area contributed by atoms with Gasteiger partial charge >= 0.3 is 0 Å². The highest BCUT2D eigenvalue weighted by atomic mass is 35.5. The third-order valence-electron chi connectivity index (χ3n) is 5.09. The van der Waals surface area contributed by atoms with Crippen LogP contribution >= 0.6 is 34.7 Å². The average Bonchev–Trinajstić information content (AvgIpc) is 3.64. The van der Waals surface area contributed by atoms with Gasteiger partial charge in [-0.25, -0.2) is 4.98 Å². The largest absolute Gasteiger partial charge is 0.461 e. The van der Waals surface area contributed by atoms with Crippen LogP contribution in [0.1, 0.15) is 21.1 Å². The number of rotatable bonds is 9. The SMILES string of the molecule is O=C(NCCc1ccccc1)c1csc(CSc2nnc(-c3ccco3)n2-c2cccc(Cl)c2)n1. The molecule has 10 heteroatoms. The fourth-order valence-electron chi connectivity index (χ4n) is 3.44. The van der Waals surface area contributed by atoms with E-state index in [0.717, 1.165) is 17.1 Å². The van der Waals surface area contributed by atoms with E-state index in [1.54, 1.807) is 17.7 Å². The van der Waals surface area contributed by atoms with Crippen LogP contribution in [-0.4, -0.2) is 32.2 Å². The fraction of sp³-hybridized carbons (Fsp3) is 0.120. The summed E-state index contributed by atoms with van der Waals surface area (Å²) in [5, 5.41) is 15.5. The molecule has 0 atom stereocenters. The Labute approximate surface area is 215 Å². The Bertz CT molecular complexity index is 1420. The van der Waals surface area contributed by atoms with Crippen LogP contribution in [0.3, 0.4) is 0 Å². The fourth-order valence-corrected chi connectivity index (χ4v) is 5.37. The van der Waals surface area contributed by atoms with Gasteiger partial charge in [-0.05, 0) is 42.3 Å². The van der Waals surface area contributed by atoms with Crippen molar-refractivity contribution in [3.05, 3.63) is 99.7 Å². The zero-order valence-electron chi connectivity index (χ0n) is 18.4. The number of aromatic nitrogens is 4. The molecule has 0 aliphatic carbocycles. The minimum atomic E-state index is -0.171. The number of carbonyl (C=O) groups excluding carboxylic acids is 1. The molecule has 5 rings (SSSR count). The monoisotopic (exact) mass is 521 g/mol. The molecule has 0 fully saturated rings. The quantitative estimate of drug-likeness (QED) is 0.243. The number of nitrogens with zero attached hydrogens (tertiary/aromatic N) is 4. The number of hydrogen-bond acceptors (Lipinski definition) is 7. The smallest absolute Gasteiger partial charge is 0.270 e. The molecule has 3 heterocycles. The van der Waals surface area contributed by atoms with Crippen molar-refractivity contribution in [3.63, 3.8) is 0 Å². The topological polar surface area (TPSA) is 85.8 Å². The first-order chi connectivity index (χ1) is 17.2. The molecular formula is C25H20ClN5O2S2. The number of halogens is 1. The molecule has 1 N–H and O–H groups in total. The summed E-state index contributed by atoms with van der Waals surface area (Å²) >= 11 is 9.16. The van der Waals surface area contributed by atoms with Gasteiger partial charge in [-0.3, -0.25) is 9.36 Å². The molecule has 0 unspecified atom stereocenters. The van der Waals surface area contributed by atoms with Gasteiger partial charge in [0.15, 0.2) is 10.9 Å². The van der Waals surface area contributed by atoms with Crippen molar-refractivity contribution >= 4 is 40.6 Å². The molecule has 0 radical (unpaired) electrons. The van der Waals surface area contributed by atoms with Gasteiger partial charge in [-0.2, -0.15) is 0 Å². The van der Waals surface area contributed by atoms with E-state index < -0.39 is 0 Å².